The van der Waals surface area contributed by atoms with Crippen molar-refractivity contribution >= 4 is 17.7 Å². The zero-order chi connectivity index (χ0) is 19.3. The summed E-state index contributed by atoms with van der Waals surface area (Å²) in [4.78, 5) is 30.8. The Bertz CT molecular complexity index is 833. The quantitative estimate of drug-likeness (QED) is 0.592. The number of nitrogens with zero attached hydrogens (tertiary/aromatic N) is 1. The van der Waals surface area contributed by atoms with Crippen LogP contribution in [0.15, 0.2) is 34.2 Å². The number of carbonyl (C=O) groups is 1. The van der Waals surface area contributed by atoms with Gasteiger partial charge in [-0.05, 0) is 37.3 Å². The lowest BCUT2D eigenvalue weighted by Gasteiger charge is -2.09. The first-order chi connectivity index (χ1) is 12.2. The van der Waals surface area contributed by atoms with Gasteiger partial charge in [0.25, 0.3) is 5.56 Å². The van der Waals surface area contributed by atoms with Gasteiger partial charge in [0, 0.05) is 24.2 Å². The van der Waals surface area contributed by atoms with E-state index < -0.39 is 11.7 Å². The van der Waals surface area contributed by atoms with Crippen molar-refractivity contribution in [1.29, 1.82) is 0 Å². The summed E-state index contributed by atoms with van der Waals surface area (Å²) in [5.74, 6) is -0.294. The summed E-state index contributed by atoms with van der Waals surface area (Å²) in [5, 5.41) is 3.15. The number of aromatic nitrogens is 2. The Balaban J connectivity index is 1.89. The van der Waals surface area contributed by atoms with Gasteiger partial charge >= 0.3 is 6.18 Å². The molecule has 9 heteroatoms. The molecule has 0 aliphatic heterocycles. The van der Waals surface area contributed by atoms with Crippen LogP contribution in [0.1, 0.15) is 28.8 Å². The van der Waals surface area contributed by atoms with Crippen LogP contribution < -0.4 is 10.9 Å². The number of thioether (sulfide) groups is 1. The van der Waals surface area contributed by atoms with Crippen molar-refractivity contribution < 1.29 is 18.0 Å². The molecule has 0 spiro atoms. The van der Waals surface area contributed by atoms with Crippen LogP contribution in [0.3, 0.4) is 0 Å². The molecule has 26 heavy (non-hydrogen) atoms. The number of aromatic amines is 1. The molecule has 2 rings (SSSR count). The molecule has 0 radical (unpaired) electrons. The minimum Gasteiger partial charge on any atom is -0.352 e. The van der Waals surface area contributed by atoms with E-state index in [0.29, 0.717) is 22.0 Å². The summed E-state index contributed by atoms with van der Waals surface area (Å²) in [6.07, 6.45) is -2.26. The number of hydrogen-bond donors (Lipinski definition) is 2. The number of benzene rings is 1. The third kappa shape index (κ3) is 5.35. The topological polar surface area (TPSA) is 74.8 Å². The zero-order valence-corrected chi connectivity index (χ0v) is 15.1. The van der Waals surface area contributed by atoms with E-state index in [-0.39, 0.29) is 30.9 Å². The second-order valence-corrected chi connectivity index (χ2v) is 6.41. The standard InChI is InChI=1S/C17H18F3N3O2S/c1-10-13(15(25)23-16(22-10)26-2)7-8-14(24)21-9-11-3-5-12(6-4-11)17(18,19)20/h3-6H,7-9H2,1-2H3,(H,21,24)(H,22,23,25). The highest BCUT2D eigenvalue weighted by atomic mass is 32.2. The van der Waals surface area contributed by atoms with Gasteiger partial charge in [0.2, 0.25) is 5.91 Å². The monoisotopic (exact) mass is 385 g/mol. The molecule has 2 aromatic rings. The Hall–Kier alpha value is -2.29. The molecule has 0 unspecified atom stereocenters. The van der Waals surface area contributed by atoms with E-state index in [1.54, 1.807) is 13.2 Å². The average Bonchev–Trinajstić information content (AvgIpc) is 2.58. The van der Waals surface area contributed by atoms with Crippen LogP contribution in [-0.4, -0.2) is 22.1 Å². The number of hydrogen-bond acceptors (Lipinski definition) is 4. The Morgan fingerprint density at radius 3 is 2.46 bits per heavy atom. The molecule has 2 N–H and O–H groups in total. The first-order valence-electron chi connectivity index (χ1n) is 7.77. The summed E-state index contributed by atoms with van der Waals surface area (Å²) in [6, 6.07) is 4.60. The molecule has 0 bridgehead atoms. The number of halogens is 3. The molecular weight excluding hydrogens is 367 g/mol. The summed E-state index contributed by atoms with van der Waals surface area (Å²) >= 11 is 1.32. The third-order valence-electron chi connectivity index (χ3n) is 3.77. The molecular formula is C17H18F3N3O2S. The van der Waals surface area contributed by atoms with Crippen LogP contribution in [0.25, 0.3) is 0 Å². The fourth-order valence-corrected chi connectivity index (χ4v) is 2.74. The van der Waals surface area contributed by atoms with E-state index in [1.165, 1.54) is 23.9 Å². The van der Waals surface area contributed by atoms with Crippen molar-refractivity contribution in [3.8, 4) is 0 Å². The molecule has 0 atom stereocenters. The number of H-pyrrole nitrogens is 1. The fraction of sp³-hybridized carbons (Fsp3) is 0.353. The summed E-state index contributed by atoms with van der Waals surface area (Å²) in [7, 11) is 0. The van der Waals surface area contributed by atoms with Gasteiger partial charge < -0.3 is 10.3 Å². The number of carbonyl (C=O) groups excluding carboxylic acids is 1. The molecule has 0 saturated carbocycles. The smallest absolute Gasteiger partial charge is 0.352 e. The normalized spacial score (nSPS) is 11.4. The van der Waals surface area contributed by atoms with Crippen molar-refractivity contribution in [1.82, 2.24) is 15.3 Å². The van der Waals surface area contributed by atoms with Crippen molar-refractivity contribution in [2.24, 2.45) is 0 Å². The molecule has 1 aromatic heterocycles. The fourth-order valence-electron chi connectivity index (χ4n) is 2.31. The largest absolute Gasteiger partial charge is 0.416 e. The molecule has 1 amide bonds. The van der Waals surface area contributed by atoms with Crippen molar-refractivity contribution in [2.75, 3.05) is 6.26 Å². The predicted molar refractivity (Wildman–Crippen MR) is 93.0 cm³/mol. The van der Waals surface area contributed by atoms with Gasteiger partial charge in [-0.2, -0.15) is 13.2 Å². The van der Waals surface area contributed by atoms with Gasteiger partial charge in [-0.1, -0.05) is 23.9 Å². The first kappa shape index (κ1) is 20.0. The van der Waals surface area contributed by atoms with Crippen LogP contribution in [-0.2, 0) is 23.9 Å². The number of aryl methyl sites for hydroxylation is 1. The van der Waals surface area contributed by atoms with E-state index in [1.807, 2.05) is 0 Å². The van der Waals surface area contributed by atoms with Crippen LogP contribution in [0.4, 0.5) is 13.2 Å². The molecule has 0 aliphatic carbocycles. The minimum absolute atomic E-state index is 0.0881. The maximum atomic E-state index is 12.5. The summed E-state index contributed by atoms with van der Waals surface area (Å²) in [5.41, 5.74) is 0.591. The number of alkyl halides is 3. The van der Waals surface area contributed by atoms with Crippen molar-refractivity contribution in [3.63, 3.8) is 0 Å². The third-order valence-corrected chi connectivity index (χ3v) is 4.35. The number of rotatable bonds is 6. The molecule has 1 heterocycles. The van der Waals surface area contributed by atoms with E-state index in [2.05, 4.69) is 15.3 Å². The van der Waals surface area contributed by atoms with Gasteiger partial charge in [-0.25, -0.2) is 4.98 Å². The van der Waals surface area contributed by atoms with Gasteiger partial charge in [0.15, 0.2) is 5.16 Å². The number of nitrogens with one attached hydrogen (secondary N) is 2. The van der Waals surface area contributed by atoms with Crippen molar-refractivity contribution in [3.05, 3.63) is 57.0 Å². The zero-order valence-electron chi connectivity index (χ0n) is 14.2. The van der Waals surface area contributed by atoms with Crippen LogP contribution in [0.5, 0.6) is 0 Å². The number of amides is 1. The summed E-state index contributed by atoms with van der Waals surface area (Å²) < 4.78 is 37.5. The highest BCUT2D eigenvalue weighted by molar-refractivity contribution is 7.98. The molecule has 1 aromatic carbocycles. The Kier molecular flexibility index (Phi) is 6.47. The lowest BCUT2D eigenvalue weighted by molar-refractivity contribution is -0.137. The lowest BCUT2D eigenvalue weighted by Crippen LogP contribution is -2.25. The molecule has 140 valence electrons. The molecule has 5 nitrogen and oxygen atoms in total. The second-order valence-electron chi connectivity index (χ2n) is 5.61. The highest BCUT2D eigenvalue weighted by Gasteiger charge is 2.29. The predicted octanol–water partition coefficient (Wildman–Crippen LogP) is 3.07. The van der Waals surface area contributed by atoms with Gasteiger partial charge in [-0.3, -0.25) is 9.59 Å². The Morgan fingerprint density at radius 2 is 1.92 bits per heavy atom. The Morgan fingerprint density at radius 1 is 1.27 bits per heavy atom. The van der Waals surface area contributed by atoms with Crippen LogP contribution in [0, 0.1) is 6.92 Å². The van der Waals surface area contributed by atoms with E-state index in [4.69, 9.17) is 0 Å². The van der Waals surface area contributed by atoms with E-state index >= 15 is 0 Å². The van der Waals surface area contributed by atoms with Crippen molar-refractivity contribution in [2.45, 2.75) is 37.6 Å². The highest BCUT2D eigenvalue weighted by Crippen LogP contribution is 2.29. The maximum Gasteiger partial charge on any atom is 0.416 e. The van der Waals surface area contributed by atoms with E-state index in [0.717, 1.165) is 12.1 Å². The second kappa shape index (κ2) is 8.39. The Labute approximate surface area is 152 Å². The van der Waals surface area contributed by atoms with Crippen LogP contribution >= 0.6 is 11.8 Å². The van der Waals surface area contributed by atoms with Gasteiger partial charge in [0.05, 0.1) is 5.56 Å². The molecule has 0 fully saturated rings. The van der Waals surface area contributed by atoms with Gasteiger partial charge in [-0.15, -0.1) is 0 Å². The lowest BCUT2D eigenvalue weighted by atomic mass is 10.1. The molecule has 0 aliphatic rings. The minimum atomic E-state index is -4.38. The van der Waals surface area contributed by atoms with Gasteiger partial charge in [0.1, 0.15) is 0 Å². The SMILES string of the molecule is CSc1nc(C)c(CCC(=O)NCc2ccc(C(F)(F)F)cc2)c(=O)[nH]1. The average molecular weight is 385 g/mol. The van der Waals surface area contributed by atoms with Crippen LogP contribution in [0.2, 0.25) is 0 Å². The maximum absolute atomic E-state index is 12.5. The summed E-state index contributed by atoms with van der Waals surface area (Å²) in [6.45, 7) is 1.83. The molecule has 0 saturated heterocycles. The first-order valence-corrected chi connectivity index (χ1v) is 9.00. The van der Waals surface area contributed by atoms with E-state index in [9.17, 15) is 22.8 Å².